The van der Waals surface area contributed by atoms with E-state index >= 15 is 0 Å². The van der Waals surface area contributed by atoms with Crippen molar-refractivity contribution in [3.63, 3.8) is 0 Å². The summed E-state index contributed by atoms with van der Waals surface area (Å²) >= 11 is 0. The normalized spacial score (nSPS) is 14.6. The van der Waals surface area contributed by atoms with Crippen LogP contribution in [0.3, 0.4) is 0 Å². The van der Waals surface area contributed by atoms with Crippen molar-refractivity contribution in [1.29, 1.82) is 0 Å². The van der Waals surface area contributed by atoms with E-state index in [1.807, 2.05) is 26.0 Å². The van der Waals surface area contributed by atoms with Gasteiger partial charge in [0.2, 0.25) is 0 Å². The Balaban J connectivity index is 1.95. The number of benzene rings is 2. The van der Waals surface area contributed by atoms with E-state index < -0.39 is 11.9 Å². The minimum atomic E-state index is -0.639. The summed E-state index contributed by atoms with van der Waals surface area (Å²) in [4.78, 5) is 24.7. The van der Waals surface area contributed by atoms with Crippen LogP contribution in [-0.2, 0) is 16.0 Å². The van der Waals surface area contributed by atoms with Crippen LogP contribution in [0.15, 0.2) is 48.2 Å². The first-order chi connectivity index (χ1) is 13.3. The average molecular weight is 381 g/mol. The fourth-order valence-electron chi connectivity index (χ4n) is 3.14. The first kappa shape index (κ1) is 19.5. The van der Waals surface area contributed by atoms with Crippen LogP contribution in [-0.4, -0.2) is 31.7 Å². The van der Waals surface area contributed by atoms with Gasteiger partial charge in [-0.3, -0.25) is 4.79 Å². The van der Waals surface area contributed by atoms with Gasteiger partial charge in [0.15, 0.2) is 11.5 Å². The lowest BCUT2D eigenvalue weighted by Gasteiger charge is -2.17. The van der Waals surface area contributed by atoms with Crippen LogP contribution in [0.4, 0.5) is 0 Å². The Labute approximate surface area is 164 Å². The molecule has 0 spiro atoms. The molecular weight excluding hydrogens is 358 g/mol. The zero-order chi connectivity index (χ0) is 20.3. The van der Waals surface area contributed by atoms with Crippen LogP contribution in [0.25, 0.3) is 6.08 Å². The molecule has 6 nitrogen and oxygen atoms in total. The first-order valence-electron chi connectivity index (χ1n) is 8.89. The highest BCUT2D eigenvalue weighted by Crippen LogP contribution is 2.43. The molecule has 0 radical (unpaired) electrons. The molecule has 1 aliphatic heterocycles. The standard InChI is InChI=1S/C22H23NO5/c1-22(2)13-16-10-14(12-18(26-3)19(16)28-22)11-17(21(25)27-4)23-20(24)15-8-6-5-7-9-15/h5-12H,13H2,1-4H3,(H,23,24)/b17-11+. The Morgan fingerprint density at radius 2 is 1.86 bits per heavy atom. The summed E-state index contributed by atoms with van der Waals surface area (Å²) in [6.07, 6.45) is 2.28. The first-order valence-corrected chi connectivity index (χ1v) is 8.89. The van der Waals surface area contributed by atoms with E-state index in [-0.39, 0.29) is 11.3 Å². The second-order valence-electron chi connectivity index (χ2n) is 7.12. The molecule has 0 aromatic heterocycles. The fraction of sp³-hybridized carbons (Fsp3) is 0.273. The second kappa shape index (κ2) is 7.76. The average Bonchev–Trinajstić information content (AvgIpc) is 3.00. The monoisotopic (exact) mass is 381 g/mol. The number of nitrogens with one attached hydrogen (secondary N) is 1. The number of ether oxygens (including phenoxy) is 3. The lowest BCUT2D eigenvalue weighted by Crippen LogP contribution is -2.28. The topological polar surface area (TPSA) is 73.9 Å². The lowest BCUT2D eigenvalue weighted by atomic mass is 9.99. The second-order valence-corrected chi connectivity index (χ2v) is 7.12. The molecule has 1 N–H and O–H groups in total. The molecule has 0 fully saturated rings. The highest BCUT2D eigenvalue weighted by Gasteiger charge is 2.32. The highest BCUT2D eigenvalue weighted by molar-refractivity contribution is 6.03. The van der Waals surface area contributed by atoms with Crippen molar-refractivity contribution in [3.8, 4) is 11.5 Å². The summed E-state index contributed by atoms with van der Waals surface area (Å²) < 4.78 is 16.2. The number of esters is 1. The van der Waals surface area contributed by atoms with Crippen LogP contribution in [0.5, 0.6) is 11.5 Å². The molecule has 2 aromatic carbocycles. The van der Waals surface area contributed by atoms with Crippen molar-refractivity contribution < 1.29 is 23.8 Å². The molecule has 146 valence electrons. The number of fused-ring (bicyclic) bond motifs is 1. The molecule has 3 rings (SSSR count). The fourth-order valence-corrected chi connectivity index (χ4v) is 3.14. The maximum absolute atomic E-state index is 12.5. The number of rotatable bonds is 5. The van der Waals surface area contributed by atoms with E-state index in [1.165, 1.54) is 7.11 Å². The van der Waals surface area contributed by atoms with Crippen molar-refractivity contribution in [1.82, 2.24) is 5.32 Å². The van der Waals surface area contributed by atoms with E-state index in [4.69, 9.17) is 14.2 Å². The predicted octanol–water partition coefficient (Wildman–Crippen LogP) is 3.35. The molecule has 2 aromatic rings. The molecule has 28 heavy (non-hydrogen) atoms. The molecular formula is C22H23NO5. The summed E-state index contributed by atoms with van der Waals surface area (Å²) in [6, 6.07) is 12.3. The van der Waals surface area contributed by atoms with Gasteiger partial charge >= 0.3 is 5.97 Å². The number of methoxy groups -OCH3 is 2. The van der Waals surface area contributed by atoms with E-state index in [1.54, 1.807) is 43.5 Å². The van der Waals surface area contributed by atoms with Gasteiger partial charge in [0.25, 0.3) is 5.91 Å². The Bertz CT molecular complexity index is 931. The molecule has 1 amide bonds. The summed E-state index contributed by atoms with van der Waals surface area (Å²) in [5.41, 5.74) is 1.83. The van der Waals surface area contributed by atoms with Crippen LogP contribution < -0.4 is 14.8 Å². The van der Waals surface area contributed by atoms with Crippen LogP contribution in [0, 0.1) is 0 Å². The summed E-state index contributed by atoms with van der Waals surface area (Å²) in [5, 5.41) is 2.63. The van der Waals surface area contributed by atoms with Crippen molar-refractivity contribution in [3.05, 3.63) is 64.9 Å². The van der Waals surface area contributed by atoms with Crippen molar-refractivity contribution in [2.45, 2.75) is 25.9 Å². The minimum absolute atomic E-state index is 0.0385. The van der Waals surface area contributed by atoms with Gasteiger partial charge in [-0.1, -0.05) is 18.2 Å². The summed E-state index contributed by atoms with van der Waals surface area (Å²) in [7, 11) is 2.83. The number of hydrogen-bond acceptors (Lipinski definition) is 5. The number of carbonyl (C=O) groups excluding carboxylic acids is 2. The molecule has 6 heteroatoms. The smallest absolute Gasteiger partial charge is 0.354 e. The van der Waals surface area contributed by atoms with Gasteiger partial charge in [0.05, 0.1) is 14.2 Å². The van der Waals surface area contributed by atoms with E-state index in [0.29, 0.717) is 29.0 Å². The predicted molar refractivity (Wildman–Crippen MR) is 105 cm³/mol. The molecule has 0 atom stereocenters. The van der Waals surface area contributed by atoms with E-state index in [0.717, 1.165) is 5.56 Å². The van der Waals surface area contributed by atoms with Gasteiger partial charge < -0.3 is 19.5 Å². The number of amides is 1. The summed E-state index contributed by atoms with van der Waals surface area (Å²) in [5.74, 6) is 0.251. The number of hydrogen-bond donors (Lipinski definition) is 1. The van der Waals surface area contributed by atoms with Gasteiger partial charge in [0.1, 0.15) is 11.3 Å². The quantitative estimate of drug-likeness (QED) is 0.635. The Morgan fingerprint density at radius 3 is 2.50 bits per heavy atom. The van der Waals surface area contributed by atoms with Gasteiger partial charge in [-0.2, -0.15) is 0 Å². The summed E-state index contributed by atoms with van der Waals surface area (Å²) in [6.45, 7) is 4.00. The molecule has 1 heterocycles. The molecule has 0 unspecified atom stereocenters. The third kappa shape index (κ3) is 4.17. The Hall–Kier alpha value is -3.28. The van der Waals surface area contributed by atoms with Crippen molar-refractivity contribution >= 4 is 18.0 Å². The Morgan fingerprint density at radius 1 is 1.14 bits per heavy atom. The molecule has 0 bridgehead atoms. The highest BCUT2D eigenvalue weighted by atomic mass is 16.5. The van der Waals surface area contributed by atoms with Gasteiger partial charge in [-0.25, -0.2) is 4.79 Å². The minimum Gasteiger partial charge on any atom is -0.493 e. The van der Waals surface area contributed by atoms with E-state index in [9.17, 15) is 9.59 Å². The van der Waals surface area contributed by atoms with Gasteiger partial charge in [0, 0.05) is 17.5 Å². The maximum atomic E-state index is 12.5. The van der Waals surface area contributed by atoms with E-state index in [2.05, 4.69) is 5.32 Å². The van der Waals surface area contributed by atoms with Crippen molar-refractivity contribution in [2.24, 2.45) is 0 Å². The SMILES string of the molecule is COC(=O)/C(=C\c1cc2c(c(OC)c1)OC(C)(C)C2)NC(=O)c1ccccc1. The molecule has 1 aliphatic rings. The molecule has 0 saturated carbocycles. The van der Waals surface area contributed by atoms with Gasteiger partial charge in [-0.15, -0.1) is 0 Å². The number of carbonyl (C=O) groups is 2. The lowest BCUT2D eigenvalue weighted by molar-refractivity contribution is -0.136. The van der Waals surface area contributed by atoms with Gasteiger partial charge in [-0.05, 0) is 49.8 Å². The zero-order valence-electron chi connectivity index (χ0n) is 16.4. The van der Waals surface area contributed by atoms with Crippen LogP contribution >= 0.6 is 0 Å². The van der Waals surface area contributed by atoms with Crippen LogP contribution in [0.2, 0.25) is 0 Å². The molecule has 0 aliphatic carbocycles. The third-order valence-corrected chi connectivity index (χ3v) is 4.37. The third-order valence-electron chi connectivity index (χ3n) is 4.37. The molecule has 0 saturated heterocycles. The Kier molecular flexibility index (Phi) is 5.40. The largest absolute Gasteiger partial charge is 0.493 e. The zero-order valence-corrected chi connectivity index (χ0v) is 16.4. The van der Waals surface area contributed by atoms with Crippen LogP contribution in [0.1, 0.15) is 35.3 Å². The van der Waals surface area contributed by atoms with Crippen molar-refractivity contribution in [2.75, 3.05) is 14.2 Å². The maximum Gasteiger partial charge on any atom is 0.354 e.